The highest BCUT2D eigenvalue weighted by molar-refractivity contribution is 5.92. The molecule has 1 aromatic rings. The Kier molecular flexibility index (Phi) is 4.73. The maximum atomic E-state index is 12.5. The molecular formula is C15H17F3N2O2. The largest absolute Gasteiger partial charge is 0.416 e. The standard InChI is InChI=1S/C15H17F3N2O2/c1-10(21)20(9-8-14(22)19-12-4-5-12)13-6-2-11(3-7-13)15(16,17)18/h2-3,6-7,12H,4-5,8-9H2,1H3,(H,19,22). The number of nitrogens with one attached hydrogen (secondary N) is 1. The molecular weight excluding hydrogens is 297 g/mol. The van der Waals surface area contributed by atoms with E-state index in [0.717, 1.165) is 25.0 Å². The van der Waals surface area contributed by atoms with Gasteiger partial charge in [0.2, 0.25) is 11.8 Å². The van der Waals surface area contributed by atoms with Gasteiger partial charge in [-0.2, -0.15) is 13.2 Å². The first-order valence-electron chi connectivity index (χ1n) is 7.02. The lowest BCUT2D eigenvalue weighted by Gasteiger charge is -2.21. The van der Waals surface area contributed by atoms with E-state index < -0.39 is 11.7 Å². The Hall–Kier alpha value is -2.05. The number of halogens is 3. The van der Waals surface area contributed by atoms with Crippen LogP contribution in [-0.4, -0.2) is 24.4 Å². The number of hydrogen-bond acceptors (Lipinski definition) is 2. The number of carbonyl (C=O) groups is 2. The zero-order chi connectivity index (χ0) is 16.3. The Morgan fingerprint density at radius 3 is 2.27 bits per heavy atom. The van der Waals surface area contributed by atoms with Crippen LogP contribution >= 0.6 is 0 Å². The Labute approximate surface area is 126 Å². The van der Waals surface area contributed by atoms with Gasteiger partial charge in [-0.25, -0.2) is 0 Å². The van der Waals surface area contributed by atoms with Crippen molar-refractivity contribution in [3.63, 3.8) is 0 Å². The third-order valence-electron chi connectivity index (χ3n) is 3.39. The maximum Gasteiger partial charge on any atom is 0.416 e. The number of anilines is 1. The SMILES string of the molecule is CC(=O)N(CCC(=O)NC1CC1)c1ccc(C(F)(F)F)cc1. The average molecular weight is 314 g/mol. The molecule has 1 aliphatic carbocycles. The lowest BCUT2D eigenvalue weighted by Crippen LogP contribution is -2.34. The van der Waals surface area contributed by atoms with Crippen molar-refractivity contribution in [2.24, 2.45) is 0 Å². The van der Waals surface area contributed by atoms with Gasteiger partial charge in [-0.15, -0.1) is 0 Å². The van der Waals surface area contributed by atoms with Crippen LogP contribution in [0.5, 0.6) is 0 Å². The van der Waals surface area contributed by atoms with Gasteiger partial charge in [0.05, 0.1) is 5.56 Å². The summed E-state index contributed by atoms with van der Waals surface area (Å²) in [6.45, 7) is 1.45. The van der Waals surface area contributed by atoms with Crippen LogP contribution in [0.3, 0.4) is 0 Å². The van der Waals surface area contributed by atoms with E-state index in [0.29, 0.717) is 5.69 Å². The summed E-state index contributed by atoms with van der Waals surface area (Å²) >= 11 is 0. The van der Waals surface area contributed by atoms with Crippen molar-refractivity contribution < 1.29 is 22.8 Å². The topological polar surface area (TPSA) is 49.4 Å². The number of hydrogen-bond donors (Lipinski definition) is 1. The minimum atomic E-state index is -4.41. The number of nitrogens with zero attached hydrogens (tertiary/aromatic N) is 1. The highest BCUT2D eigenvalue weighted by Crippen LogP contribution is 2.30. The van der Waals surface area contributed by atoms with E-state index >= 15 is 0 Å². The molecule has 0 bridgehead atoms. The summed E-state index contributed by atoms with van der Waals surface area (Å²) in [5.41, 5.74) is -0.425. The quantitative estimate of drug-likeness (QED) is 0.908. The molecule has 1 aromatic carbocycles. The number of rotatable bonds is 5. The van der Waals surface area contributed by atoms with Crippen LogP contribution in [0, 0.1) is 0 Å². The van der Waals surface area contributed by atoms with E-state index in [4.69, 9.17) is 0 Å². The summed E-state index contributed by atoms with van der Waals surface area (Å²) in [4.78, 5) is 24.6. The highest BCUT2D eigenvalue weighted by Gasteiger charge is 2.30. The second-order valence-electron chi connectivity index (χ2n) is 5.31. The Balaban J connectivity index is 2.00. The smallest absolute Gasteiger partial charge is 0.353 e. The molecule has 22 heavy (non-hydrogen) atoms. The summed E-state index contributed by atoms with van der Waals surface area (Å²) in [6, 6.07) is 4.57. The fourth-order valence-corrected chi connectivity index (χ4v) is 2.04. The van der Waals surface area contributed by atoms with E-state index in [2.05, 4.69) is 5.32 Å². The number of benzene rings is 1. The Bertz CT molecular complexity index is 551. The third kappa shape index (κ3) is 4.47. The van der Waals surface area contributed by atoms with E-state index in [1.165, 1.54) is 24.0 Å². The van der Waals surface area contributed by atoms with E-state index in [1.807, 2.05) is 0 Å². The lowest BCUT2D eigenvalue weighted by molar-refractivity contribution is -0.137. The summed E-state index contributed by atoms with van der Waals surface area (Å²) in [5, 5.41) is 2.80. The van der Waals surface area contributed by atoms with Crippen LogP contribution in [-0.2, 0) is 15.8 Å². The number of amides is 2. The second-order valence-corrected chi connectivity index (χ2v) is 5.31. The predicted molar refractivity (Wildman–Crippen MR) is 75.3 cm³/mol. The van der Waals surface area contributed by atoms with Crippen molar-refractivity contribution in [3.05, 3.63) is 29.8 Å². The van der Waals surface area contributed by atoms with Gasteiger partial charge in [-0.1, -0.05) is 0 Å². The molecule has 1 aliphatic rings. The monoisotopic (exact) mass is 314 g/mol. The van der Waals surface area contributed by atoms with Crippen molar-refractivity contribution in [3.8, 4) is 0 Å². The molecule has 0 aliphatic heterocycles. The van der Waals surface area contributed by atoms with Gasteiger partial charge in [0.25, 0.3) is 0 Å². The first-order chi connectivity index (χ1) is 10.3. The van der Waals surface area contributed by atoms with Crippen LogP contribution in [0.1, 0.15) is 31.7 Å². The van der Waals surface area contributed by atoms with Gasteiger partial charge in [0.1, 0.15) is 0 Å². The zero-order valence-electron chi connectivity index (χ0n) is 12.1. The van der Waals surface area contributed by atoms with Crippen molar-refractivity contribution in [1.29, 1.82) is 0 Å². The lowest BCUT2D eigenvalue weighted by atomic mass is 10.2. The summed E-state index contributed by atoms with van der Waals surface area (Å²) in [6.07, 6.45) is -2.34. The highest BCUT2D eigenvalue weighted by atomic mass is 19.4. The molecule has 1 N–H and O–H groups in total. The molecule has 1 fully saturated rings. The third-order valence-corrected chi connectivity index (χ3v) is 3.39. The molecule has 0 saturated heterocycles. The van der Waals surface area contributed by atoms with Crippen LogP contribution in [0.25, 0.3) is 0 Å². The molecule has 2 rings (SSSR count). The molecule has 0 atom stereocenters. The normalized spacial score (nSPS) is 14.5. The Morgan fingerprint density at radius 2 is 1.82 bits per heavy atom. The molecule has 0 aromatic heterocycles. The first kappa shape index (κ1) is 16.3. The van der Waals surface area contributed by atoms with Crippen LogP contribution in [0.2, 0.25) is 0 Å². The van der Waals surface area contributed by atoms with Gasteiger partial charge in [0, 0.05) is 31.6 Å². The van der Waals surface area contributed by atoms with E-state index in [9.17, 15) is 22.8 Å². The van der Waals surface area contributed by atoms with Crippen molar-refractivity contribution in [2.45, 2.75) is 38.4 Å². The molecule has 0 radical (unpaired) electrons. The molecule has 0 spiro atoms. The molecule has 120 valence electrons. The van der Waals surface area contributed by atoms with Gasteiger partial charge in [-0.05, 0) is 37.1 Å². The second kappa shape index (κ2) is 6.37. The van der Waals surface area contributed by atoms with Crippen LogP contribution in [0.4, 0.5) is 18.9 Å². The molecule has 2 amide bonds. The number of alkyl halides is 3. The molecule has 0 unspecified atom stereocenters. The van der Waals surface area contributed by atoms with E-state index in [-0.39, 0.29) is 30.8 Å². The van der Waals surface area contributed by atoms with Crippen LogP contribution < -0.4 is 10.2 Å². The molecule has 7 heteroatoms. The minimum Gasteiger partial charge on any atom is -0.353 e. The van der Waals surface area contributed by atoms with Crippen molar-refractivity contribution in [1.82, 2.24) is 5.32 Å². The maximum absolute atomic E-state index is 12.5. The predicted octanol–water partition coefficient (Wildman–Crippen LogP) is 2.73. The summed E-state index contributed by atoms with van der Waals surface area (Å²) in [5.74, 6) is -0.473. The summed E-state index contributed by atoms with van der Waals surface area (Å²) < 4.78 is 37.6. The van der Waals surface area contributed by atoms with E-state index in [1.54, 1.807) is 0 Å². The van der Waals surface area contributed by atoms with Crippen molar-refractivity contribution >= 4 is 17.5 Å². The molecule has 0 heterocycles. The van der Waals surface area contributed by atoms with Gasteiger partial charge in [0.15, 0.2) is 0 Å². The van der Waals surface area contributed by atoms with Crippen LogP contribution in [0.15, 0.2) is 24.3 Å². The first-order valence-corrected chi connectivity index (χ1v) is 7.02. The molecule has 4 nitrogen and oxygen atoms in total. The van der Waals surface area contributed by atoms with Gasteiger partial charge >= 0.3 is 6.18 Å². The molecule has 1 saturated carbocycles. The van der Waals surface area contributed by atoms with Gasteiger partial charge < -0.3 is 10.2 Å². The zero-order valence-corrected chi connectivity index (χ0v) is 12.1. The number of carbonyl (C=O) groups excluding carboxylic acids is 2. The minimum absolute atomic E-state index is 0.122. The fraction of sp³-hybridized carbons (Fsp3) is 0.467. The van der Waals surface area contributed by atoms with Gasteiger partial charge in [-0.3, -0.25) is 9.59 Å². The Morgan fingerprint density at radius 1 is 1.23 bits per heavy atom. The summed E-state index contributed by atoms with van der Waals surface area (Å²) in [7, 11) is 0. The average Bonchev–Trinajstić information content (AvgIpc) is 3.22. The van der Waals surface area contributed by atoms with Crippen molar-refractivity contribution in [2.75, 3.05) is 11.4 Å². The fourth-order valence-electron chi connectivity index (χ4n) is 2.04.